The van der Waals surface area contributed by atoms with E-state index in [1.807, 2.05) is 0 Å². The Morgan fingerprint density at radius 1 is 1.11 bits per heavy atom. The molecule has 5 rings (SSSR count). The molecule has 3 aromatic rings. The molecule has 1 saturated heterocycles. The van der Waals surface area contributed by atoms with Crippen molar-refractivity contribution in [2.75, 3.05) is 45.9 Å². The van der Waals surface area contributed by atoms with Gasteiger partial charge in [-0.05, 0) is 62.4 Å². The van der Waals surface area contributed by atoms with Gasteiger partial charge in [0.05, 0.1) is 54.7 Å². The molecule has 12 nitrogen and oxygen atoms in total. The monoisotopic (exact) mass is 636 g/mol. The number of aromatic nitrogens is 1. The normalized spacial score (nSPS) is 17.1. The van der Waals surface area contributed by atoms with Gasteiger partial charge in [0.25, 0.3) is 11.2 Å². The molecule has 3 heterocycles. The van der Waals surface area contributed by atoms with Crippen LogP contribution in [0.25, 0.3) is 6.08 Å². The first-order valence-corrected chi connectivity index (χ1v) is 15.5. The number of nitro benzene ring substituents is 1. The minimum absolute atomic E-state index is 0.0705. The standard InChI is InChI=1S/C32H36N4O8S/c1-7-44-31(38)27-19(3)33-32-35(28(27)21-15-24(41-4)29(43-6)25(16-21)42-5)30(37)26(45-32)17-20-14-22(36(39)40)8-9-23(20)34-12-10-18(2)11-13-34/h8-9,14-18,28H,7,10-13H2,1-6H3/b26-17+/t28-/m0/s1. The molecule has 2 aliphatic rings. The van der Waals surface area contributed by atoms with Crippen LogP contribution in [0.5, 0.6) is 17.2 Å². The number of allylic oxidation sites excluding steroid dienone is 1. The molecule has 2 aromatic carbocycles. The van der Waals surface area contributed by atoms with Gasteiger partial charge in [-0.25, -0.2) is 9.79 Å². The highest BCUT2D eigenvalue weighted by atomic mass is 32.1. The molecule has 0 spiro atoms. The zero-order chi connectivity index (χ0) is 32.4. The summed E-state index contributed by atoms with van der Waals surface area (Å²) in [5.41, 5.74) is 2.03. The average molecular weight is 637 g/mol. The summed E-state index contributed by atoms with van der Waals surface area (Å²) in [5, 5.41) is 11.7. The fraction of sp³-hybridized carbons (Fsp3) is 0.406. The van der Waals surface area contributed by atoms with Crippen molar-refractivity contribution in [2.45, 2.75) is 39.7 Å². The maximum absolute atomic E-state index is 14.3. The summed E-state index contributed by atoms with van der Waals surface area (Å²) < 4.78 is 23.8. The second-order valence-electron chi connectivity index (χ2n) is 10.9. The van der Waals surface area contributed by atoms with Crippen LogP contribution in [0.3, 0.4) is 0 Å². The number of piperidine rings is 1. The molecule has 45 heavy (non-hydrogen) atoms. The number of nitrogens with zero attached hydrogens (tertiary/aromatic N) is 4. The maximum atomic E-state index is 14.3. The van der Waals surface area contributed by atoms with Crippen molar-refractivity contribution in [3.63, 3.8) is 0 Å². The maximum Gasteiger partial charge on any atom is 0.338 e. The van der Waals surface area contributed by atoms with Crippen LogP contribution < -0.4 is 34.0 Å². The number of non-ortho nitro benzene ring substituents is 1. The fourth-order valence-corrected chi connectivity index (χ4v) is 6.85. The minimum atomic E-state index is -0.927. The molecular formula is C32H36N4O8S. The highest BCUT2D eigenvalue weighted by Gasteiger charge is 2.35. The molecule has 238 valence electrons. The van der Waals surface area contributed by atoms with Crippen LogP contribution in [0.1, 0.15) is 50.8 Å². The highest BCUT2D eigenvalue weighted by Crippen LogP contribution is 2.42. The number of carbonyl (C=O) groups is 1. The number of rotatable bonds is 9. The van der Waals surface area contributed by atoms with Gasteiger partial charge in [0.2, 0.25) is 5.75 Å². The van der Waals surface area contributed by atoms with Crippen LogP contribution >= 0.6 is 11.3 Å². The van der Waals surface area contributed by atoms with E-state index in [2.05, 4.69) is 16.8 Å². The van der Waals surface area contributed by atoms with Gasteiger partial charge in [0, 0.05) is 36.5 Å². The van der Waals surface area contributed by atoms with Gasteiger partial charge in [0.15, 0.2) is 16.3 Å². The second kappa shape index (κ2) is 13.1. The van der Waals surface area contributed by atoms with Crippen molar-refractivity contribution in [3.05, 3.63) is 82.5 Å². The third-order valence-electron chi connectivity index (χ3n) is 8.15. The third-order valence-corrected chi connectivity index (χ3v) is 9.14. The lowest BCUT2D eigenvalue weighted by Crippen LogP contribution is -2.40. The topological polar surface area (TPSA) is 135 Å². The van der Waals surface area contributed by atoms with Crippen LogP contribution in [-0.4, -0.2) is 56.5 Å². The Kier molecular flexibility index (Phi) is 9.28. The van der Waals surface area contributed by atoms with Crippen LogP contribution in [-0.2, 0) is 9.53 Å². The summed E-state index contributed by atoms with van der Waals surface area (Å²) in [4.78, 5) is 46.2. The van der Waals surface area contributed by atoms with Crippen LogP contribution in [0.15, 0.2) is 51.4 Å². The number of anilines is 1. The van der Waals surface area contributed by atoms with Gasteiger partial charge in [-0.3, -0.25) is 19.5 Å². The van der Waals surface area contributed by atoms with E-state index in [0.717, 1.165) is 43.0 Å². The van der Waals surface area contributed by atoms with Gasteiger partial charge >= 0.3 is 5.97 Å². The van der Waals surface area contributed by atoms with E-state index in [4.69, 9.17) is 18.9 Å². The Bertz CT molecular complexity index is 1830. The number of ether oxygens (including phenoxy) is 4. The number of hydrogen-bond acceptors (Lipinski definition) is 11. The zero-order valence-corrected chi connectivity index (χ0v) is 26.9. The summed E-state index contributed by atoms with van der Waals surface area (Å²) in [5.74, 6) is 1.05. The van der Waals surface area contributed by atoms with E-state index in [9.17, 15) is 19.7 Å². The van der Waals surface area contributed by atoms with E-state index in [0.29, 0.717) is 49.3 Å². The predicted molar refractivity (Wildman–Crippen MR) is 170 cm³/mol. The summed E-state index contributed by atoms with van der Waals surface area (Å²) in [6.07, 6.45) is 3.69. The molecule has 0 radical (unpaired) electrons. The molecular weight excluding hydrogens is 600 g/mol. The number of fused-ring (bicyclic) bond motifs is 1. The molecule has 13 heteroatoms. The first kappa shape index (κ1) is 31.8. The summed E-state index contributed by atoms with van der Waals surface area (Å²) in [6, 6.07) is 7.19. The van der Waals surface area contributed by atoms with Crippen molar-refractivity contribution < 1.29 is 28.7 Å². The number of carbonyl (C=O) groups excluding carboxylic acids is 1. The van der Waals surface area contributed by atoms with E-state index in [-0.39, 0.29) is 17.9 Å². The van der Waals surface area contributed by atoms with Gasteiger partial charge in [0.1, 0.15) is 0 Å². The van der Waals surface area contributed by atoms with Crippen LogP contribution in [0, 0.1) is 16.0 Å². The second-order valence-corrected chi connectivity index (χ2v) is 11.9. The zero-order valence-electron chi connectivity index (χ0n) is 26.1. The van der Waals surface area contributed by atoms with Gasteiger partial charge in [-0.2, -0.15) is 0 Å². The van der Waals surface area contributed by atoms with Gasteiger partial charge in [-0.1, -0.05) is 18.3 Å². The van der Waals surface area contributed by atoms with Gasteiger partial charge in [-0.15, -0.1) is 0 Å². The molecule has 2 aliphatic heterocycles. The Morgan fingerprint density at radius 3 is 2.36 bits per heavy atom. The summed E-state index contributed by atoms with van der Waals surface area (Å²) >= 11 is 1.15. The molecule has 0 saturated carbocycles. The SMILES string of the molecule is CCOC(=O)C1=C(C)N=c2s/c(=C/c3cc([N+](=O)[O-])ccc3N3CCC(C)CC3)c(=O)n2[C@H]1c1cc(OC)c(OC)c(OC)c1. The fourth-order valence-electron chi connectivity index (χ4n) is 5.82. The Hall–Kier alpha value is -4.65. The smallest absolute Gasteiger partial charge is 0.338 e. The molecule has 0 bridgehead atoms. The Labute approximate surface area is 264 Å². The molecule has 0 amide bonds. The number of methoxy groups -OCH3 is 3. The Morgan fingerprint density at radius 2 is 1.78 bits per heavy atom. The molecule has 1 atom stereocenters. The van der Waals surface area contributed by atoms with Crippen LogP contribution in [0.4, 0.5) is 11.4 Å². The van der Waals surface area contributed by atoms with Crippen molar-refractivity contribution in [1.29, 1.82) is 0 Å². The lowest BCUT2D eigenvalue weighted by molar-refractivity contribution is -0.384. The quantitative estimate of drug-likeness (QED) is 0.194. The van der Waals surface area contributed by atoms with E-state index in [1.54, 1.807) is 38.1 Å². The molecule has 0 unspecified atom stereocenters. The van der Waals surface area contributed by atoms with E-state index in [1.165, 1.54) is 38.0 Å². The highest BCUT2D eigenvalue weighted by molar-refractivity contribution is 7.07. The largest absolute Gasteiger partial charge is 0.493 e. The number of benzene rings is 2. The van der Waals surface area contributed by atoms with Crippen molar-refractivity contribution in [3.8, 4) is 17.2 Å². The lowest BCUT2D eigenvalue weighted by Gasteiger charge is -2.33. The van der Waals surface area contributed by atoms with Crippen molar-refractivity contribution in [1.82, 2.24) is 4.57 Å². The molecule has 1 fully saturated rings. The minimum Gasteiger partial charge on any atom is -0.493 e. The number of nitro groups is 1. The predicted octanol–water partition coefficient (Wildman–Crippen LogP) is 3.97. The molecule has 1 aromatic heterocycles. The lowest BCUT2D eigenvalue weighted by atomic mass is 9.95. The Balaban J connectivity index is 1.75. The number of esters is 1. The summed E-state index contributed by atoms with van der Waals surface area (Å²) in [7, 11) is 4.46. The first-order chi connectivity index (χ1) is 21.6. The molecule has 0 aliphatic carbocycles. The van der Waals surface area contributed by atoms with Crippen molar-refractivity contribution >= 4 is 34.8 Å². The van der Waals surface area contributed by atoms with Crippen LogP contribution in [0.2, 0.25) is 0 Å². The van der Waals surface area contributed by atoms with E-state index >= 15 is 0 Å². The van der Waals surface area contributed by atoms with Crippen molar-refractivity contribution in [2.24, 2.45) is 10.9 Å². The number of thiazole rings is 1. The molecule has 0 N–H and O–H groups in total. The third kappa shape index (κ3) is 6.04. The number of hydrogen-bond donors (Lipinski definition) is 0. The average Bonchev–Trinajstić information content (AvgIpc) is 3.33. The van der Waals surface area contributed by atoms with E-state index < -0.39 is 22.5 Å². The van der Waals surface area contributed by atoms with Gasteiger partial charge < -0.3 is 23.8 Å². The summed E-state index contributed by atoms with van der Waals surface area (Å²) in [6.45, 7) is 7.37. The first-order valence-electron chi connectivity index (χ1n) is 14.6.